The fourth-order valence-corrected chi connectivity index (χ4v) is 2.07. The van der Waals surface area contributed by atoms with Crippen LogP contribution in [0.1, 0.15) is 18.4 Å². The van der Waals surface area contributed by atoms with Gasteiger partial charge in [-0.2, -0.15) is 5.26 Å². The number of nitrogens with one attached hydrogen (secondary N) is 1. The third-order valence-electron chi connectivity index (χ3n) is 2.99. The van der Waals surface area contributed by atoms with Crippen LogP contribution in [0.4, 0.5) is 0 Å². The smallest absolute Gasteiger partial charge is 0.137 e. The molecule has 1 aromatic carbocycles. The van der Waals surface area contributed by atoms with Gasteiger partial charge in [0.2, 0.25) is 0 Å². The van der Waals surface area contributed by atoms with Crippen molar-refractivity contribution in [3.8, 4) is 11.8 Å². The zero-order valence-corrected chi connectivity index (χ0v) is 9.44. The number of hydrogen-bond donors (Lipinski definition) is 1. The highest BCUT2D eigenvalue weighted by molar-refractivity contribution is 5.42. The quantitative estimate of drug-likeness (QED) is 0.836. The average molecular weight is 216 g/mol. The van der Waals surface area contributed by atoms with E-state index in [1.807, 2.05) is 25.2 Å². The molecule has 0 amide bonds. The highest BCUT2D eigenvalue weighted by atomic mass is 16.5. The van der Waals surface area contributed by atoms with Crippen molar-refractivity contribution in [3.05, 3.63) is 29.8 Å². The highest BCUT2D eigenvalue weighted by Crippen LogP contribution is 2.31. The van der Waals surface area contributed by atoms with Gasteiger partial charge in [0.1, 0.15) is 11.8 Å². The third-order valence-corrected chi connectivity index (χ3v) is 2.99. The molecule has 1 N–H and O–H groups in total. The van der Waals surface area contributed by atoms with Gasteiger partial charge in [0.15, 0.2) is 0 Å². The molecule has 0 spiro atoms. The first kappa shape index (κ1) is 11.0. The van der Waals surface area contributed by atoms with Crippen molar-refractivity contribution in [2.24, 2.45) is 5.92 Å². The molecule has 0 saturated heterocycles. The van der Waals surface area contributed by atoms with Gasteiger partial charge >= 0.3 is 0 Å². The molecule has 2 rings (SSSR count). The Morgan fingerprint density at radius 3 is 2.88 bits per heavy atom. The number of rotatable bonds is 4. The number of hydrogen-bond acceptors (Lipinski definition) is 3. The minimum absolute atomic E-state index is 0.285. The first-order valence-corrected chi connectivity index (χ1v) is 5.64. The molecule has 1 fully saturated rings. The molecule has 1 aromatic rings. The van der Waals surface area contributed by atoms with E-state index in [0.717, 1.165) is 31.1 Å². The fourth-order valence-electron chi connectivity index (χ4n) is 2.07. The fraction of sp³-hybridized carbons (Fsp3) is 0.462. The maximum atomic E-state index is 8.92. The SMILES string of the molecule is CNCC1CC(Oc2ccccc2C#N)C1. The number of para-hydroxylation sites is 1. The molecule has 0 unspecified atom stereocenters. The molecule has 1 saturated carbocycles. The molecule has 84 valence electrons. The van der Waals surface area contributed by atoms with Gasteiger partial charge in [0.25, 0.3) is 0 Å². The van der Waals surface area contributed by atoms with E-state index in [-0.39, 0.29) is 6.10 Å². The van der Waals surface area contributed by atoms with E-state index < -0.39 is 0 Å². The Morgan fingerprint density at radius 1 is 1.44 bits per heavy atom. The van der Waals surface area contributed by atoms with Gasteiger partial charge in [0.05, 0.1) is 11.7 Å². The normalized spacial score (nSPS) is 23.2. The van der Waals surface area contributed by atoms with Crippen molar-refractivity contribution < 1.29 is 4.74 Å². The Bertz CT molecular complexity index is 391. The van der Waals surface area contributed by atoms with Gasteiger partial charge in [-0.1, -0.05) is 12.1 Å². The van der Waals surface area contributed by atoms with Crippen molar-refractivity contribution >= 4 is 0 Å². The largest absolute Gasteiger partial charge is 0.489 e. The van der Waals surface area contributed by atoms with Crippen molar-refractivity contribution in [3.63, 3.8) is 0 Å². The Hall–Kier alpha value is -1.53. The summed E-state index contributed by atoms with van der Waals surface area (Å²) in [6.45, 7) is 1.06. The summed E-state index contributed by atoms with van der Waals surface area (Å²) in [4.78, 5) is 0. The maximum Gasteiger partial charge on any atom is 0.137 e. The van der Waals surface area contributed by atoms with Gasteiger partial charge in [-0.3, -0.25) is 0 Å². The molecule has 16 heavy (non-hydrogen) atoms. The van der Waals surface area contributed by atoms with Crippen molar-refractivity contribution in [2.75, 3.05) is 13.6 Å². The summed E-state index contributed by atoms with van der Waals surface area (Å²) < 4.78 is 5.80. The van der Waals surface area contributed by atoms with Gasteiger partial charge in [-0.25, -0.2) is 0 Å². The van der Waals surface area contributed by atoms with Crippen LogP contribution < -0.4 is 10.1 Å². The van der Waals surface area contributed by atoms with Crippen LogP contribution in [0.3, 0.4) is 0 Å². The molecular formula is C13H16N2O. The van der Waals surface area contributed by atoms with Crippen molar-refractivity contribution in [1.29, 1.82) is 5.26 Å². The molecule has 0 aromatic heterocycles. The van der Waals surface area contributed by atoms with E-state index in [9.17, 15) is 0 Å². The zero-order chi connectivity index (χ0) is 11.4. The Labute approximate surface area is 96.0 Å². The average Bonchev–Trinajstić information content (AvgIpc) is 2.27. The Kier molecular flexibility index (Phi) is 3.43. The van der Waals surface area contributed by atoms with E-state index in [0.29, 0.717) is 5.56 Å². The van der Waals surface area contributed by atoms with Crippen LogP contribution in [-0.4, -0.2) is 19.7 Å². The first-order chi connectivity index (χ1) is 7.83. The van der Waals surface area contributed by atoms with Crippen molar-refractivity contribution in [1.82, 2.24) is 5.32 Å². The summed E-state index contributed by atoms with van der Waals surface area (Å²) in [7, 11) is 1.97. The van der Waals surface area contributed by atoms with Crippen LogP contribution in [0, 0.1) is 17.2 Å². The standard InChI is InChI=1S/C13H16N2O/c1-15-9-10-6-12(7-10)16-13-5-3-2-4-11(13)8-14/h2-5,10,12,15H,6-7,9H2,1H3. The highest BCUT2D eigenvalue weighted by Gasteiger charge is 2.30. The molecule has 0 heterocycles. The molecule has 0 bridgehead atoms. The molecule has 0 atom stereocenters. The summed E-state index contributed by atoms with van der Waals surface area (Å²) in [5.74, 6) is 1.45. The summed E-state index contributed by atoms with van der Waals surface area (Å²) in [6.07, 6.45) is 2.45. The van der Waals surface area contributed by atoms with E-state index >= 15 is 0 Å². The molecule has 0 aliphatic heterocycles. The summed E-state index contributed by atoms with van der Waals surface area (Å²) in [6, 6.07) is 9.56. The van der Waals surface area contributed by atoms with Gasteiger partial charge in [0, 0.05) is 0 Å². The Balaban J connectivity index is 1.89. The third kappa shape index (κ3) is 2.34. The second-order valence-corrected chi connectivity index (χ2v) is 4.24. The van der Waals surface area contributed by atoms with Crippen molar-refractivity contribution in [2.45, 2.75) is 18.9 Å². The zero-order valence-electron chi connectivity index (χ0n) is 9.44. The predicted molar refractivity (Wildman–Crippen MR) is 62.2 cm³/mol. The van der Waals surface area contributed by atoms with Crippen LogP contribution in [0.25, 0.3) is 0 Å². The minimum Gasteiger partial charge on any atom is -0.489 e. The molecule has 3 heteroatoms. The van der Waals surface area contributed by atoms with Gasteiger partial charge < -0.3 is 10.1 Å². The monoisotopic (exact) mass is 216 g/mol. The van der Waals surface area contributed by atoms with Crippen LogP contribution in [-0.2, 0) is 0 Å². The number of nitriles is 1. The lowest BCUT2D eigenvalue weighted by atomic mass is 9.82. The minimum atomic E-state index is 0.285. The lowest BCUT2D eigenvalue weighted by Gasteiger charge is -2.35. The molecular weight excluding hydrogens is 200 g/mol. The second kappa shape index (κ2) is 5.00. The van der Waals surface area contributed by atoms with Crippen LogP contribution in [0.15, 0.2) is 24.3 Å². The maximum absolute atomic E-state index is 8.92. The van der Waals surface area contributed by atoms with Crippen LogP contribution in [0.2, 0.25) is 0 Å². The Morgan fingerprint density at radius 2 is 2.19 bits per heavy atom. The topological polar surface area (TPSA) is 45.0 Å². The lowest BCUT2D eigenvalue weighted by Crippen LogP contribution is -2.38. The van der Waals surface area contributed by atoms with E-state index in [1.54, 1.807) is 6.07 Å². The summed E-state index contributed by atoms with van der Waals surface area (Å²) >= 11 is 0. The summed E-state index contributed by atoms with van der Waals surface area (Å²) in [5, 5.41) is 12.1. The second-order valence-electron chi connectivity index (χ2n) is 4.24. The lowest BCUT2D eigenvalue weighted by molar-refractivity contribution is 0.0655. The predicted octanol–water partition coefficient (Wildman–Crippen LogP) is 1.94. The molecule has 3 nitrogen and oxygen atoms in total. The number of benzene rings is 1. The number of nitrogens with zero attached hydrogens (tertiary/aromatic N) is 1. The van der Waals surface area contributed by atoms with Gasteiger partial charge in [-0.05, 0) is 44.5 Å². The molecule has 1 aliphatic rings. The number of ether oxygens (including phenoxy) is 1. The van der Waals surface area contributed by atoms with E-state index in [1.165, 1.54) is 0 Å². The first-order valence-electron chi connectivity index (χ1n) is 5.64. The van der Waals surface area contributed by atoms with Gasteiger partial charge in [-0.15, -0.1) is 0 Å². The molecule has 0 radical (unpaired) electrons. The summed E-state index contributed by atoms with van der Waals surface area (Å²) in [5.41, 5.74) is 0.625. The van der Waals surface area contributed by atoms with Crippen LogP contribution in [0.5, 0.6) is 5.75 Å². The van der Waals surface area contributed by atoms with Crippen LogP contribution >= 0.6 is 0 Å². The van der Waals surface area contributed by atoms with E-state index in [2.05, 4.69) is 11.4 Å². The van der Waals surface area contributed by atoms with E-state index in [4.69, 9.17) is 10.00 Å². The molecule has 1 aliphatic carbocycles.